The van der Waals surface area contributed by atoms with E-state index >= 15 is 0 Å². The third-order valence-corrected chi connectivity index (χ3v) is 4.01. The highest BCUT2D eigenvalue weighted by atomic mass is 15.3. The van der Waals surface area contributed by atoms with E-state index in [1.165, 1.54) is 0 Å². The summed E-state index contributed by atoms with van der Waals surface area (Å²) in [7, 11) is 1.93. The van der Waals surface area contributed by atoms with Crippen molar-refractivity contribution in [1.29, 1.82) is 0 Å². The van der Waals surface area contributed by atoms with E-state index in [9.17, 15) is 0 Å². The Kier molecular flexibility index (Phi) is 5.62. The smallest absolute Gasteiger partial charge is 0.191 e. The molecule has 0 unspecified atom stereocenters. The maximum absolute atomic E-state index is 4.63. The molecule has 26 heavy (non-hydrogen) atoms. The van der Waals surface area contributed by atoms with E-state index in [0.29, 0.717) is 13.1 Å². The average molecular weight is 352 g/mol. The lowest BCUT2D eigenvalue weighted by atomic mass is 10.3. The van der Waals surface area contributed by atoms with Crippen LogP contribution in [0.15, 0.2) is 48.0 Å². The molecule has 8 nitrogen and oxygen atoms in total. The van der Waals surface area contributed by atoms with Gasteiger partial charge in [0.15, 0.2) is 5.96 Å². The lowest BCUT2D eigenvalue weighted by Crippen LogP contribution is -2.37. The molecule has 0 saturated heterocycles. The molecular formula is C18H24N8. The van der Waals surface area contributed by atoms with Gasteiger partial charge in [-0.25, -0.2) is 15.0 Å². The van der Waals surface area contributed by atoms with Crippen LogP contribution >= 0.6 is 0 Å². The minimum atomic E-state index is 0.552. The molecule has 0 aliphatic rings. The second-order valence-corrected chi connectivity index (χ2v) is 5.86. The quantitative estimate of drug-likeness (QED) is 0.519. The first-order valence-corrected chi connectivity index (χ1v) is 8.61. The highest BCUT2D eigenvalue weighted by Crippen LogP contribution is 2.09. The number of guanidine groups is 1. The Morgan fingerprint density at radius 3 is 2.65 bits per heavy atom. The second-order valence-electron chi connectivity index (χ2n) is 5.86. The van der Waals surface area contributed by atoms with Gasteiger partial charge in [0, 0.05) is 38.4 Å². The van der Waals surface area contributed by atoms with Crippen molar-refractivity contribution in [1.82, 2.24) is 34.9 Å². The SMILES string of the molecule is CCNC(=NCc1ccc(-n2ccnc2C)nc1)NCc1ccnn1C. The average Bonchev–Trinajstić information content (AvgIpc) is 3.26. The molecule has 0 bridgehead atoms. The number of rotatable bonds is 6. The highest BCUT2D eigenvalue weighted by Gasteiger charge is 2.03. The van der Waals surface area contributed by atoms with Gasteiger partial charge in [-0.2, -0.15) is 5.10 Å². The van der Waals surface area contributed by atoms with Crippen LogP contribution in [0.4, 0.5) is 0 Å². The zero-order valence-electron chi connectivity index (χ0n) is 15.3. The number of nitrogens with one attached hydrogen (secondary N) is 2. The molecule has 0 spiro atoms. The van der Waals surface area contributed by atoms with Crippen LogP contribution < -0.4 is 10.6 Å². The second kappa shape index (κ2) is 8.28. The molecule has 8 heteroatoms. The molecular weight excluding hydrogens is 328 g/mol. The lowest BCUT2D eigenvalue weighted by molar-refractivity contribution is 0.685. The van der Waals surface area contributed by atoms with Crippen LogP contribution in [-0.4, -0.2) is 36.8 Å². The van der Waals surface area contributed by atoms with Crippen LogP contribution in [0, 0.1) is 6.92 Å². The predicted molar refractivity (Wildman–Crippen MR) is 101 cm³/mol. The summed E-state index contributed by atoms with van der Waals surface area (Å²) in [4.78, 5) is 13.4. The van der Waals surface area contributed by atoms with Crippen molar-refractivity contribution in [3.8, 4) is 5.82 Å². The zero-order valence-corrected chi connectivity index (χ0v) is 15.3. The number of pyridine rings is 1. The van der Waals surface area contributed by atoms with Crippen molar-refractivity contribution in [2.75, 3.05) is 6.54 Å². The standard InChI is InChI=1S/C18H24N8/c1-4-19-18(23-13-16-7-8-24-25(16)3)22-12-15-5-6-17(21-11-15)26-10-9-20-14(26)2/h5-11H,4,12-13H2,1-3H3,(H2,19,22,23). The van der Waals surface area contributed by atoms with Gasteiger partial charge in [0.05, 0.1) is 18.8 Å². The van der Waals surface area contributed by atoms with Crippen LogP contribution in [0.2, 0.25) is 0 Å². The molecule has 3 rings (SSSR count). The Bertz CT molecular complexity index is 859. The van der Waals surface area contributed by atoms with Gasteiger partial charge in [0.2, 0.25) is 0 Å². The molecule has 0 atom stereocenters. The first-order valence-electron chi connectivity index (χ1n) is 8.61. The number of aromatic nitrogens is 5. The molecule has 0 aliphatic heterocycles. The van der Waals surface area contributed by atoms with E-state index in [4.69, 9.17) is 0 Å². The summed E-state index contributed by atoms with van der Waals surface area (Å²) >= 11 is 0. The summed E-state index contributed by atoms with van der Waals surface area (Å²) in [6.45, 7) is 6.02. The van der Waals surface area contributed by atoms with Gasteiger partial charge in [0.1, 0.15) is 11.6 Å². The van der Waals surface area contributed by atoms with Gasteiger partial charge < -0.3 is 10.6 Å². The molecule has 2 N–H and O–H groups in total. The third kappa shape index (κ3) is 4.27. The van der Waals surface area contributed by atoms with Crippen molar-refractivity contribution in [2.45, 2.75) is 26.9 Å². The Balaban J connectivity index is 1.63. The third-order valence-electron chi connectivity index (χ3n) is 4.01. The predicted octanol–water partition coefficient (Wildman–Crippen LogP) is 1.56. The van der Waals surface area contributed by atoms with Gasteiger partial charge in [-0.1, -0.05) is 6.07 Å². The van der Waals surface area contributed by atoms with Crippen molar-refractivity contribution in [3.63, 3.8) is 0 Å². The molecule has 3 aromatic rings. The minimum absolute atomic E-state index is 0.552. The molecule has 0 aliphatic carbocycles. The Morgan fingerprint density at radius 1 is 1.15 bits per heavy atom. The van der Waals surface area contributed by atoms with Crippen LogP contribution in [0.5, 0.6) is 0 Å². The Hall–Kier alpha value is -3.16. The fraction of sp³-hybridized carbons (Fsp3) is 0.333. The summed E-state index contributed by atoms with van der Waals surface area (Å²) in [5.74, 6) is 2.54. The fourth-order valence-electron chi connectivity index (χ4n) is 2.53. The molecule has 3 aromatic heterocycles. The van der Waals surface area contributed by atoms with Crippen molar-refractivity contribution >= 4 is 5.96 Å². The van der Waals surface area contributed by atoms with Crippen LogP contribution in [0.1, 0.15) is 24.0 Å². The van der Waals surface area contributed by atoms with Gasteiger partial charge in [-0.05, 0) is 31.5 Å². The molecule has 0 fully saturated rings. The first kappa shape index (κ1) is 17.7. The van der Waals surface area contributed by atoms with E-state index in [1.54, 1.807) is 12.4 Å². The van der Waals surface area contributed by atoms with Crippen LogP contribution in [0.25, 0.3) is 5.82 Å². The zero-order chi connectivity index (χ0) is 18.4. The van der Waals surface area contributed by atoms with E-state index in [1.807, 2.05) is 60.7 Å². The van der Waals surface area contributed by atoms with Gasteiger partial charge in [-0.3, -0.25) is 9.25 Å². The van der Waals surface area contributed by atoms with E-state index < -0.39 is 0 Å². The van der Waals surface area contributed by atoms with E-state index in [2.05, 4.69) is 30.7 Å². The Labute approximate surface area is 153 Å². The maximum Gasteiger partial charge on any atom is 0.191 e. The first-order chi connectivity index (χ1) is 12.7. The minimum Gasteiger partial charge on any atom is -0.357 e. The highest BCUT2D eigenvalue weighted by molar-refractivity contribution is 5.79. The number of aryl methyl sites for hydroxylation is 2. The monoisotopic (exact) mass is 352 g/mol. The normalized spacial score (nSPS) is 11.6. The van der Waals surface area contributed by atoms with Crippen molar-refractivity contribution in [3.05, 3.63) is 60.1 Å². The van der Waals surface area contributed by atoms with Crippen LogP contribution in [0.3, 0.4) is 0 Å². The lowest BCUT2D eigenvalue weighted by Gasteiger charge is -2.11. The van der Waals surface area contributed by atoms with Crippen molar-refractivity contribution in [2.24, 2.45) is 12.0 Å². The topological polar surface area (TPSA) is 84.9 Å². The van der Waals surface area contributed by atoms with Gasteiger partial charge in [-0.15, -0.1) is 0 Å². The van der Waals surface area contributed by atoms with Crippen LogP contribution in [-0.2, 0) is 20.1 Å². The summed E-state index contributed by atoms with van der Waals surface area (Å²) in [5.41, 5.74) is 2.14. The largest absolute Gasteiger partial charge is 0.357 e. The number of hydrogen-bond donors (Lipinski definition) is 2. The molecule has 0 aromatic carbocycles. The summed E-state index contributed by atoms with van der Waals surface area (Å²) < 4.78 is 3.80. The summed E-state index contributed by atoms with van der Waals surface area (Å²) in [6.07, 6.45) is 7.31. The van der Waals surface area contributed by atoms with Crippen molar-refractivity contribution < 1.29 is 0 Å². The fourth-order valence-corrected chi connectivity index (χ4v) is 2.53. The number of nitrogens with zero attached hydrogens (tertiary/aromatic N) is 6. The number of hydrogen-bond acceptors (Lipinski definition) is 4. The molecule has 0 radical (unpaired) electrons. The number of imidazole rings is 1. The number of aliphatic imine (C=N–C) groups is 1. The van der Waals surface area contributed by atoms with E-state index in [-0.39, 0.29) is 0 Å². The Morgan fingerprint density at radius 2 is 2.04 bits per heavy atom. The van der Waals surface area contributed by atoms with Gasteiger partial charge in [0.25, 0.3) is 0 Å². The maximum atomic E-state index is 4.63. The molecule has 0 saturated carbocycles. The van der Waals surface area contributed by atoms with Gasteiger partial charge >= 0.3 is 0 Å². The molecule has 3 heterocycles. The summed E-state index contributed by atoms with van der Waals surface area (Å²) in [6, 6.07) is 6.00. The summed E-state index contributed by atoms with van der Waals surface area (Å²) in [5, 5.41) is 10.7. The molecule has 136 valence electrons. The van der Waals surface area contributed by atoms with E-state index in [0.717, 1.165) is 35.4 Å². The molecule has 0 amide bonds.